The van der Waals surface area contributed by atoms with Crippen LogP contribution in [0.4, 0.5) is 11.5 Å². The topological polar surface area (TPSA) is 94.5 Å². The first-order chi connectivity index (χ1) is 14.9. The molecule has 1 atom stereocenters. The first-order valence-electron chi connectivity index (χ1n) is 9.90. The van der Waals surface area contributed by atoms with E-state index in [1.54, 1.807) is 30.0 Å². The summed E-state index contributed by atoms with van der Waals surface area (Å²) in [5.41, 5.74) is 4.29. The third-order valence-electron chi connectivity index (χ3n) is 5.33. The number of anilines is 2. The number of fused-ring (bicyclic) bond motifs is 1. The molecule has 160 valence electrons. The molecule has 0 spiro atoms. The maximum atomic E-state index is 12.7. The predicted molar refractivity (Wildman–Crippen MR) is 118 cm³/mol. The quantitative estimate of drug-likeness (QED) is 0.634. The lowest BCUT2D eigenvalue weighted by molar-refractivity contribution is -0.123. The average Bonchev–Trinajstić information content (AvgIpc) is 3.22. The van der Waals surface area contributed by atoms with E-state index in [9.17, 15) is 9.59 Å². The predicted octanol–water partition coefficient (Wildman–Crippen LogP) is 3.71. The van der Waals surface area contributed by atoms with Gasteiger partial charge in [0.2, 0.25) is 5.91 Å². The molecule has 0 saturated carbocycles. The van der Waals surface area contributed by atoms with Crippen molar-refractivity contribution in [1.82, 2.24) is 9.78 Å². The molecule has 3 aromatic rings. The van der Waals surface area contributed by atoms with Crippen LogP contribution in [-0.2, 0) is 9.59 Å². The fourth-order valence-corrected chi connectivity index (χ4v) is 3.73. The van der Waals surface area contributed by atoms with Gasteiger partial charge in [-0.25, -0.2) is 4.68 Å². The highest BCUT2D eigenvalue weighted by Crippen LogP contribution is 2.38. The van der Waals surface area contributed by atoms with Gasteiger partial charge in [-0.3, -0.25) is 9.59 Å². The number of hydrogen-bond donors (Lipinski definition) is 2. The number of hydrogen-bond acceptors (Lipinski definition) is 5. The summed E-state index contributed by atoms with van der Waals surface area (Å²) < 4.78 is 12.1. The molecule has 0 fully saturated rings. The fourth-order valence-electron chi connectivity index (χ4n) is 3.73. The van der Waals surface area contributed by atoms with Crippen LogP contribution in [0.5, 0.6) is 11.5 Å². The molecule has 1 aliphatic heterocycles. The molecule has 2 heterocycles. The lowest BCUT2D eigenvalue weighted by atomic mass is 10.0. The highest BCUT2D eigenvalue weighted by atomic mass is 16.5. The van der Waals surface area contributed by atoms with Gasteiger partial charge in [0.1, 0.15) is 23.4 Å². The van der Waals surface area contributed by atoms with Gasteiger partial charge in [0.15, 0.2) is 0 Å². The summed E-state index contributed by atoms with van der Waals surface area (Å²) in [5.74, 6) is 1.13. The van der Waals surface area contributed by atoms with E-state index in [1.165, 1.54) is 7.11 Å². The molecule has 1 aliphatic rings. The van der Waals surface area contributed by atoms with Crippen LogP contribution in [0.2, 0.25) is 0 Å². The minimum Gasteiger partial charge on any atom is -0.497 e. The van der Waals surface area contributed by atoms with Gasteiger partial charge >= 0.3 is 0 Å². The Kier molecular flexibility index (Phi) is 5.37. The van der Waals surface area contributed by atoms with Crippen LogP contribution in [0.1, 0.15) is 23.7 Å². The van der Waals surface area contributed by atoms with E-state index in [1.807, 2.05) is 38.1 Å². The Labute approximate surface area is 180 Å². The number of ether oxygens (including phenoxy) is 2. The molecule has 0 radical (unpaired) electrons. The first-order valence-corrected chi connectivity index (χ1v) is 9.90. The van der Waals surface area contributed by atoms with Crippen molar-refractivity contribution in [3.8, 4) is 22.6 Å². The highest BCUT2D eigenvalue weighted by molar-refractivity contribution is 6.04. The number of aryl methyl sites for hydroxylation is 2. The number of benzene rings is 2. The van der Waals surface area contributed by atoms with Crippen LogP contribution in [0.3, 0.4) is 0 Å². The molecule has 0 bridgehead atoms. The Morgan fingerprint density at radius 1 is 1.13 bits per heavy atom. The summed E-state index contributed by atoms with van der Waals surface area (Å²) in [6.45, 7) is 3.92. The highest BCUT2D eigenvalue weighted by Gasteiger charge is 2.36. The largest absolute Gasteiger partial charge is 0.497 e. The van der Waals surface area contributed by atoms with Crippen LogP contribution in [-0.4, -0.2) is 35.8 Å². The van der Waals surface area contributed by atoms with Crippen molar-refractivity contribution >= 4 is 23.3 Å². The van der Waals surface area contributed by atoms with Crippen molar-refractivity contribution in [2.75, 3.05) is 24.9 Å². The van der Waals surface area contributed by atoms with E-state index in [4.69, 9.17) is 9.47 Å². The van der Waals surface area contributed by atoms with Crippen LogP contribution in [0.25, 0.3) is 11.1 Å². The zero-order valence-corrected chi connectivity index (χ0v) is 17.9. The second-order valence-corrected chi connectivity index (χ2v) is 7.44. The molecular weight excluding hydrogens is 396 g/mol. The van der Waals surface area contributed by atoms with E-state index < -0.39 is 6.04 Å². The molecule has 1 unspecified atom stereocenters. The molecule has 0 saturated heterocycles. The van der Waals surface area contributed by atoms with Crippen molar-refractivity contribution in [3.05, 3.63) is 53.7 Å². The standard InChI is InChI=1S/C23H24N4O4/c1-13-5-7-15(8-6-13)21-14(2)26-27-18(23(29)25-22(21)27)12-20(28)24-17-10-9-16(30-3)11-19(17)31-4/h5-11,18H,12H2,1-4H3,(H,24,28)(H,25,29). The smallest absolute Gasteiger partial charge is 0.251 e. The van der Waals surface area contributed by atoms with E-state index in [2.05, 4.69) is 15.7 Å². The van der Waals surface area contributed by atoms with Crippen LogP contribution >= 0.6 is 0 Å². The van der Waals surface area contributed by atoms with Gasteiger partial charge in [0, 0.05) is 11.6 Å². The van der Waals surface area contributed by atoms with Crippen LogP contribution < -0.4 is 20.1 Å². The van der Waals surface area contributed by atoms with Gasteiger partial charge in [-0.1, -0.05) is 29.8 Å². The van der Waals surface area contributed by atoms with Gasteiger partial charge < -0.3 is 20.1 Å². The molecule has 31 heavy (non-hydrogen) atoms. The van der Waals surface area contributed by atoms with E-state index in [-0.39, 0.29) is 18.2 Å². The molecule has 1 aromatic heterocycles. The summed E-state index contributed by atoms with van der Waals surface area (Å²) in [7, 11) is 3.07. The molecule has 8 heteroatoms. The summed E-state index contributed by atoms with van der Waals surface area (Å²) in [6.07, 6.45) is -0.0531. The molecule has 0 aliphatic carbocycles. The molecule has 4 rings (SSSR count). The number of amides is 2. The van der Waals surface area contributed by atoms with Gasteiger partial charge in [-0.2, -0.15) is 5.10 Å². The summed E-state index contributed by atoms with van der Waals surface area (Å²) in [5, 5.41) is 10.3. The van der Waals surface area contributed by atoms with Crippen LogP contribution in [0.15, 0.2) is 42.5 Å². The molecular formula is C23H24N4O4. The van der Waals surface area contributed by atoms with Gasteiger partial charge in [-0.05, 0) is 31.5 Å². The second kappa shape index (κ2) is 8.14. The molecule has 8 nitrogen and oxygen atoms in total. The first kappa shape index (κ1) is 20.5. The monoisotopic (exact) mass is 420 g/mol. The van der Waals surface area contributed by atoms with Crippen molar-refractivity contribution < 1.29 is 19.1 Å². The summed E-state index contributed by atoms with van der Waals surface area (Å²) >= 11 is 0. The Morgan fingerprint density at radius 3 is 2.55 bits per heavy atom. The third-order valence-corrected chi connectivity index (χ3v) is 5.33. The minimum atomic E-state index is -0.725. The maximum Gasteiger partial charge on any atom is 0.251 e. The number of nitrogens with zero attached hydrogens (tertiary/aromatic N) is 2. The van der Waals surface area contributed by atoms with Crippen molar-refractivity contribution in [3.63, 3.8) is 0 Å². The third kappa shape index (κ3) is 3.84. The Morgan fingerprint density at radius 2 is 1.87 bits per heavy atom. The van der Waals surface area contributed by atoms with Crippen molar-refractivity contribution in [2.24, 2.45) is 0 Å². The Bertz CT molecular complexity index is 1150. The Hall–Kier alpha value is -3.81. The SMILES string of the molecule is COc1ccc(NC(=O)CC2C(=O)Nc3c(-c4ccc(C)cc4)c(C)nn32)c(OC)c1. The van der Waals surface area contributed by atoms with E-state index in [0.29, 0.717) is 23.0 Å². The second-order valence-electron chi connectivity index (χ2n) is 7.44. The average molecular weight is 420 g/mol. The van der Waals surface area contributed by atoms with Crippen molar-refractivity contribution in [2.45, 2.75) is 26.3 Å². The number of rotatable bonds is 6. The van der Waals surface area contributed by atoms with Gasteiger partial charge in [0.05, 0.1) is 32.0 Å². The summed E-state index contributed by atoms with van der Waals surface area (Å²) in [6, 6.07) is 12.4. The van der Waals surface area contributed by atoms with E-state index >= 15 is 0 Å². The van der Waals surface area contributed by atoms with Crippen molar-refractivity contribution in [1.29, 1.82) is 0 Å². The van der Waals surface area contributed by atoms with Gasteiger partial charge in [-0.15, -0.1) is 0 Å². The van der Waals surface area contributed by atoms with Gasteiger partial charge in [0.25, 0.3) is 5.91 Å². The zero-order chi connectivity index (χ0) is 22.1. The zero-order valence-electron chi connectivity index (χ0n) is 17.9. The molecule has 2 N–H and O–H groups in total. The number of carbonyl (C=O) groups is 2. The number of methoxy groups -OCH3 is 2. The Balaban J connectivity index is 1.56. The maximum absolute atomic E-state index is 12.7. The fraction of sp³-hybridized carbons (Fsp3) is 0.261. The number of aromatic nitrogens is 2. The number of nitrogens with one attached hydrogen (secondary N) is 2. The molecule has 2 amide bonds. The lowest BCUT2D eigenvalue weighted by Gasteiger charge is -2.13. The number of carbonyl (C=O) groups excluding carboxylic acids is 2. The minimum absolute atomic E-state index is 0.0531. The normalized spacial score (nSPS) is 14.7. The summed E-state index contributed by atoms with van der Waals surface area (Å²) in [4.78, 5) is 25.4. The molecule has 2 aromatic carbocycles. The van der Waals surface area contributed by atoms with E-state index in [0.717, 1.165) is 22.4 Å². The lowest BCUT2D eigenvalue weighted by Crippen LogP contribution is -2.24. The van der Waals surface area contributed by atoms with Crippen LogP contribution in [0, 0.1) is 13.8 Å².